The second-order valence-corrected chi connectivity index (χ2v) is 6.87. The highest BCUT2D eigenvalue weighted by molar-refractivity contribution is 5.40. The Morgan fingerprint density at radius 3 is 1.67 bits per heavy atom. The third-order valence-electron chi connectivity index (χ3n) is 5.24. The minimum Gasteiger partial charge on any atom is -0.0622 e. The maximum absolute atomic E-state index is 2.37. The molecule has 0 aliphatic rings. The van der Waals surface area contributed by atoms with Gasteiger partial charge in [-0.3, -0.25) is 0 Å². The Hall–Kier alpha value is -2.34. The minimum atomic E-state index is 0.409. The van der Waals surface area contributed by atoms with Crippen LogP contribution in [-0.4, -0.2) is 0 Å². The van der Waals surface area contributed by atoms with Crippen LogP contribution in [0.15, 0.2) is 72.8 Å². The quantitative estimate of drug-likeness (QED) is 0.508. The number of aryl methyl sites for hydroxylation is 2. The van der Waals surface area contributed by atoms with E-state index in [4.69, 9.17) is 0 Å². The van der Waals surface area contributed by atoms with E-state index >= 15 is 0 Å². The van der Waals surface area contributed by atoms with E-state index < -0.39 is 0 Å². The predicted octanol–water partition coefficient (Wildman–Crippen LogP) is 6.61. The fourth-order valence-electron chi connectivity index (χ4n) is 3.26. The molecular weight excluding hydrogens is 288 g/mol. The smallest absolute Gasteiger partial charge is 0.00612 e. The molecule has 0 nitrogen and oxygen atoms in total. The van der Waals surface area contributed by atoms with E-state index in [2.05, 4.69) is 100 Å². The van der Waals surface area contributed by atoms with E-state index in [-0.39, 0.29) is 0 Å². The predicted molar refractivity (Wildman–Crippen MR) is 104 cm³/mol. The van der Waals surface area contributed by atoms with Crippen molar-refractivity contribution in [3.63, 3.8) is 0 Å². The first-order chi connectivity index (χ1) is 11.6. The van der Waals surface area contributed by atoms with E-state index in [1.807, 2.05) is 0 Å². The molecule has 0 bridgehead atoms. The fourth-order valence-corrected chi connectivity index (χ4v) is 3.26. The van der Waals surface area contributed by atoms with Crippen LogP contribution in [0.2, 0.25) is 0 Å². The van der Waals surface area contributed by atoms with Crippen LogP contribution in [0.4, 0.5) is 0 Å². The summed E-state index contributed by atoms with van der Waals surface area (Å²) < 4.78 is 0. The van der Waals surface area contributed by atoms with Gasteiger partial charge in [-0.05, 0) is 47.2 Å². The summed E-state index contributed by atoms with van der Waals surface area (Å²) >= 11 is 0. The Morgan fingerprint density at radius 1 is 0.500 bits per heavy atom. The average molecular weight is 314 g/mol. The minimum absolute atomic E-state index is 0.409. The Kier molecular flexibility index (Phi) is 4.85. The summed E-state index contributed by atoms with van der Waals surface area (Å²) in [5.41, 5.74) is 8.26. The zero-order valence-corrected chi connectivity index (χ0v) is 15.1. The van der Waals surface area contributed by atoms with Crippen molar-refractivity contribution in [2.75, 3.05) is 0 Å². The van der Waals surface area contributed by atoms with Crippen LogP contribution in [0, 0.1) is 13.8 Å². The SMILES string of the molecule is Cc1ccc(C(C)c2cccc(C(C)c3ccccc3)c2)cc1C. The van der Waals surface area contributed by atoms with Crippen molar-refractivity contribution in [2.45, 2.75) is 39.5 Å². The van der Waals surface area contributed by atoms with Crippen molar-refractivity contribution in [3.05, 3.63) is 106 Å². The highest BCUT2D eigenvalue weighted by Gasteiger charge is 2.13. The number of hydrogen-bond acceptors (Lipinski definition) is 0. The van der Waals surface area contributed by atoms with Gasteiger partial charge in [0.15, 0.2) is 0 Å². The molecule has 0 aromatic heterocycles. The molecule has 0 saturated carbocycles. The van der Waals surface area contributed by atoms with Gasteiger partial charge < -0.3 is 0 Å². The monoisotopic (exact) mass is 314 g/mol. The van der Waals surface area contributed by atoms with Gasteiger partial charge in [0.2, 0.25) is 0 Å². The Labute approximate surface area is 146 Å². The molecule has 0 aliphatic carbocycles. The molecule has 0 N–H and O–H groups in total. The van der Waals surface area contributed by atoms with Gasteiger partial charge in [-0.1, -0.05) is 86.6 Å². The van der Waals surface area contributed by atoms with Gasteiger partial charge in [0.1, 0.15) is 0 Å². The van der Waals surface area contributed by atoms with Crippen LogP contribution in [0.25, 0.3) is 0 Å². The average Bonchev–Trinajstić information content (AvgIpc) is 2.63. The van der Waals surface area contributed by atoms with Crippen molar-refractivity contribution in [1.82, 2.24) is 0 Å². The van der Waals surface area contributed by atoms with Gasteiger partial charge >= 0.3 is 0 Å². The van der Waals surface area contributed by atoms with Gasteiger partial charge in [0.25, 0.3) is 0 Å². The van der Waals surface area contributed by atoms with Gasteiger partial charge in [0, 0.05) is 11.8 Å². The highest BCUT2D eigenvalue weighted by atomic mass is 14.2. The molecule has 0 aliphatic heterocycles. The second-order valence-electron chi connectivity index (χ2n) is 6.87. The summed E-state index contributed by atoms with van der Waals surface area (Å²) in [4.78, 5) is 0. The maximum atomic E-state index is 2.37. The number of hydrogen-bond donors (Lipinski definition) is 0. The molecule has 0 heteroatoms. The normalized spacial score (nSPS) is 13.5. The van der Waals surface area contributed by atoms with E-state index in [1.165, 1.54) is 33.4 Å². The Bertz CT molecular complexity index is 814. The van der Waals surface area contributed by atoms with Crippen LogP contribution in [0.5, 0.6) is 0 Å². The van der Waals surface area contributed by atoms with Gasteiger partial charge in [-0.25, -0.2) is 0 Å². The lowest BCUT2D eigenvalue weighted by Crippen LogP contribution is -2.01. The van der Waals surface area contributed by atoms with Crippen LogP contribution in [0.3, 0.4) is 0 Å². The standard InChI is InChI=1S/C24H26/c1-17-13-14-24(15-18(17)2)20(4)23-12-8-11-22(16-23)19(3)21-9-6-5-7-10-21/h5-16,19-20H,1-4H3. The lowest BCUT2D eigenvalue weighted by atomic mass is 9.87. The van der Waals surface area contributed by atoms with Crippen LogP contribution < -0.4 is 0 Å². The van der Waals surface area contributed by atoms with E-state index in [0.29, 0.717) is 11.8 Å². The number of benzene rings is 3. The summed E-state index contributed by atoms with van der Waals surface area (Å²) in [6.07, 6.45) is 0. The molecule has 2 atom stereocenters. The van der Waals surface area contributed by atoms with Crippen LogP contribution in [0.1, 0.15) is 59.1 Å². The first-order valence-electron chi connectivity index (χ1n) is 8.78. The van der Waals surface area contributed by atoms with Crippen molar-refractivity contribution < 1.29 is 0 Å². The van der Waals surface area contributed by atoms with Crippen molar-refractivity contribution in [3.8, 4) is 0 Å². The van der Waals surface area contributed by atoms with Crippen LogP contribution in [-0.2, 0) is 0 Å². The first-order valence-corrected chi connectivity index (χ1v) is 8.78. The molecule has 3 rings (SSSR count). The van der Waals surface area contributed by atoms with Gasteiger partial charge in [-0.2, -0.15) is 0 Å². The topological polar surface area (TPSA) is 0 Å². The third-order valence-corrected chi connectivity index (χ3v) is 5.24. The summed E-state index contributed by atoms with van der Waals surface area (Å²) in [6.45, 7) is 8.96. The van der Waals surface area contributed by atoms with Crippen molar-refractivity contribution >= 4 is 0 Å². The van der Waals surface area contributed by atoms with E-state index in [0.717, 1.165) is 0 Å². The molecule has 0 fully saturated rings. The van der Waals surface area contributed by atoms with E-state index in [9.17, 15) is 0 Å². The largest absolute Gasteiger partial charge is 0.0622 e. The molecule has 0 amide bonds. The van der Waals surface area contributed by atoms with Gasteiger partial charge in [0.05, 0.1) is 0 Å². The molecule has 0 heterocycles. The summed E-state index contributed by atoms with van der Waals surface area (Å²) in [7, 11) is 0. The third kappa shape index (κ3) is 3.43. The molecule has 2 unspecified atom stereocenters. The molecule has 3 aromatic rings. The fraction of sp³-hybridized carbons (Fsp3) is 0.250. The molecule has 122 valence electrons. The lowest BCUT2D eigenvalue weighted by Gasteiger charge is -2.18. The maximum Gasteiger partial charge on any atom is 0.00612 e. The zero-order chi connectivity index (χ0) is 17.1. The summed E-state index contributed by atoms with van der Waals surface area (Å²) in [5, 5.41) is 0. The lowest BCUT2D eigenvalue weighted by molar-refractivity contribution is 0.885. The second kappa shape index (κ2) is 7.05. The first kappa shape index (κ1) is 16.5. The summed E-state index contributed by atoms with van der Waals surface area (Å²) in [6, 6.07) is 26.6. The number of rotatable bonds is 4. The Balaban J connectivity index is 1.91. The Morgan fingerprint density at radius 2 is 1.04 bits per heavy atom. The molecule has 24 heavy (non-hydrogen) atoms. The zero-order valence-electron chi connectivity index (χ0n) is 15.1. The van der Waals surface area contributed by atoms with Crippen LogP contribution >= 0.6 is 0 Å². The molecule has 3 aromatic carbocycles. The summed E-state index contributed by atoms with van der Waals surface area (Å²) in [5.74, 6) is 0.824. The molecule has 0 spiro atoms. The van der Waals surface area contributed by atoms with Crippen molar-refractivity contribution in [2.24, 2.45) is 0 Å². The van der Waals surface area contributed by atoms with Crippen molar-refractivity contribution in [1.29, 1.82) is 0 Å². The molecular formula is C24H26. The van der Waals surface area contributed by atoms with E-state index in [1.54, 1.807) is 0 Å². The molecule has 0 radical (unpaired) electrons. The molecule has 0 saturated heterocycles. The highest BCUT2D eigenvalue weighted by Crippen LogP contribution is 2.30. The van der Waals surface area contributed by atoms with Gasteiger partial charge in [-0.15, -0.1) is 0 Å².